The number of likely N-dealkylation sites (tertiary alicyclic amines) is 1. The van der Waals surface area contributed by atoms with E-state index in [1.165, 1.54) is 0 Å². The lowest BCUT2D eigenvalue weighted by Crippen LogP contribution is -2.69. The van der Waals surface area contributed by atoms with E-state index < -0.39 is 20.1 Å². The van der Waals surface area contributed by atoms with Crippen molar-refractivity contribution in [3.63, 3.8) is 0 Å². The Morgan fingerprint density at radius 2 is 2.08 bits per heavy atom. The van der Waals surface area contributed by atoms with Gasteiger partial charge in [0.15, 0.2) is 14.1 Å². The van der Waals surface area contributed by atoms with Crippen LogP contribution in [0.15, 0.2) is 5.11 Å². The number of β-lactam (4-membered cyclic amide) rings is 1. The molecule has 2 saturated heterocycles. The monoisotopic (exact) mass is 370 g/mol. The van der Waals surface area contributed by atoms with Gasteiger partial charge in [0.1, 0.15) is 12.1 Å². The Morgan fingerprint density at radius 1 is 1.44 bits per heavy atom. The largest absolute Gasteiger partial charge is 0.415 e. The van der Waals surface area contributed by atoms with Crippen molar-refractivity contribution in [1.29, 1.82) is 0 Å². The maximum atomic E-state index is 12.4. The summed E-state index contributed by atoms with van der Waals surface area (Å²) in [4.78, 5) is 16.9. The highest BCUT2D eigenvalue weighted by Crippen LogP contribution is 2.37. The molecule has 3 atom stereocenters. The van der Waals surface area contributed by atoms with Crippen LogP contribution in [0.3, 0.4) is 0 Å². The first-order chi connectivity index (χ1) is 11.4. The first-order valence-corrected chi connectivity index (χ1v) is 11.6. The molecule has 2 aliphatic heterocycles. The third-order valence-electron chi connectivity index (χ3n) is 5.41. The van der Waals surface area contributed by atoms with E-state index in [2.05, 4.69) is 43.9 Å². The second-order valence-electron chi connectivity index (χ2n) is 8.65. The van der Waals surface area contributed by atoms with Gasteiger partial charge >= 0.3 is 0 Å². The van der Waals surface area contributed by atoms with Crippen LogP contribution in [0.1, 0.15) is 34.6 Å². The van der Waals surface area contributed by atoms with Gasteiger partial charge in [-0.25, -0.2) is 0 Å². The summed E-state index contributed by atoms with van der Waals surface area (Å²) in [6.45, 7) is 15.9. The Kier molecular flexibility index (Phi) is 5.56. The lowest BCUT2D eigenvalue weighted by atomic mass is 9.91. The van der Waals surface area contributed by atoms with Gasteiger partial charge in [-0.1, -0.05) is 25.9 Å². The molecule has 9 heteroatoms. The van der Waals surface area contributed by atoms with Crippen molar-refractivity contribution in [2.24, 2.45) is 5.11 Å². The summed E-state index contributed by atoms with van der Waals surface area (Å²) in [5.74, 6) is -0.858. The van der Waals surface area contributed by atoms with Gasteiger partial charge in [-0.2, -0.15) is 0 Å². The van der Waals surface area contributed by atoms with Crippen LogP contribution in [0.2, 0.25) is 18.1 Å². The number of nitrogens with zero attached hydrogens (tertiary/aromatic N) is 4. The van der Waals surface area contributed by atoms with Gasteiger partial charge in [-0.05, 0) is 37.5 Å². The molecule has 0 saturated carbocycles. The molecule has 2 heterocycles. The van der Waals surface area contributed by atoms with Crippen LogP contribution in [0.5, 0.6) is 0 Å². The maximum Gasteiger partial charge on any atom is 0.234 e. The summed E-state index contributed by atoms with van der Waals surface area (Å²) in [5, 5.41) is 3.77. The smallest absolute Gasteiger partial charge is 0.234 e. The first-order valence-electron chi connectivity index (χ1n) is 8.70. The Bertz CT molecular complexity index is 569. The van der Waals surface area contributed by atoms with Gasteiger partial charge in [0.05, 0.1) is 19.3 Å². The average molecular weight is 371 g/mol. The van der Waals surface area contributed by atoms with Gasteiger partial charge in [0, 0.05) is 11.5 Å². The predicted octanol–water partition coefficient (Wildman–Crippen LogP) is 3.05. The lowest BCUT2D eigenvalue weighted by Gasteiger charge is -2.48. The van der Waals surface area contributed by atoms with E-state index >= 15 is 0 Å². The Hall–Kier alpha value is -1.12. The molecule has 8 nitrogen and oxygen atoms in total. The molecular formula is C16H30N4O4Si. The van der Waals surface area contributed by atoms with Gasteiger partial charge in [-0.3, -0.25) is 4.79 Å². The molecule has 2 rings (SSSR count). The molecule has 0 aliphatic carbocycles. The van der Waals surface area contributed by atoms with Gasteiger partial charge in [0.2, 0.25) is 5.91 Å². The quantitative estimate of drug-likeness (QED) is 0.236. The van der Waals surface area contributed by atoms with Crippen molar-refractivity contribution in [2.75, 3.05) is 19.8 Å². The van der Waals surface area contributed by atoms with Crippen molar-refractivity contribution in [3.8, 4) is 0 Å². The summed E-state index contributed by atoms with van der Waals surface area (Å²) in [6, 6.07) is -1.02. The highest BCUT2D eigenvalue weighted by atomic mass is 28.4. The summed E-state index contributed by atoms with van der Waals surface area (Å²) in [6.07, 6.45) is -0.295. The van der Waals surface area contributed by atoms with Crippen LogP contribution >= 0.6 is 0 Å². The Balaban J connectivity index is 2.01. The van der Waals surface area contributed by atoms with E-state index in [4.69, 9.17) is 19.4 Å². The zero-order valence-corrected chi connectivity index (χ0v) is 17.3. The molecule has 0 radical (unpaired) electrons. The number of hydrogen-bond donors (Lipinski definition) is 0. The number of carbonyl (C=O) groups excluding carboxylic acids is 1. The topological polar surface area (TPSA) is 96.8 Å². The van der Waals surface area contributed by atoms with Crippen LogP contribution in [0, 0.1) is 0 Å². The molecule has 2 aliphatic rings. The van der Waals surface area contributed by atoms with Crippen LogP contribution in [0.4, 0.5) is 0 Å². The fourth-order valence-electron chi connectivity index (χ4n) is 2.89. The van der Waals surface area contributed by atoms with Crippen molar-refractivity contribution >= 4 is 14.2 Å². The SMILES string of the molecule is CC1(C)OC[C@H]([C@H]2[C@H](N=[N+]=[N-])C(=O)N2CCO[Si](C)(C)C(C)(C)C)O1. The fraction of sp³-hybridized carbons (Fsp3) is 0.938. The predicted molar refractivity (Wildman–Crippen MR) is 96.5 cm³/mol. The van der Waals surface area contributed by atoms with Crippen LogP contribution in [-0.2, 0) is 18.7 Å². The van der Waals surface area contributed by atoms with Gasteiger partial charge < -0.3 is 18.8 Å². The third kappa shape index (κ3) is 4.17. The molecule has 25 heavy (non-hydrogen) atoms. The standard InChI is InChI=1S/C16H30N4O4Si/c1-15(2,3)25(6,7)23-9-8-20-13(12(14(20)21)18-19-17)11-10-22-16(4,5)24-11/h11-13H,8-10H2,1-7H3/t11-,12+,13+/m1/s1. The normalized spacial score (nSPS) is 29.3. The van der Waals surface area contributed by atoms with Crippen LogP contribution < -0.4 is 0 Å². The number of hydrogen-bond acceptors (Lipinski definition) is 5. The minimum Gasteiger partial charge on any atom is -0.415 e. The van der Waals surface area contributed by atoms with E-state index in [9.17, 15) is 4.79 Å². The van der Waals surface area contributed by atoms with Crippen molar-refractivity contribution in [3.05, 3.63) is 10.4 Å². The lowest BCUT2D eigenvalue weighted by molar-refractivity contribution is -0.172. The Labute approximate surface area is 150 Å². The van der Waals surface area contributed by atoms with E-state index in [0.717, 1.165) is 0 Å². The van der Waals surface area contributed by atoms with Crippen LogP contribution in [0.25, 0.3) is 10.4 Å². The number of azide groups is 1. The average Bonchev–Trinajstić information content (AvgIpc) is 2.82. The van der Waals surface area contributed by atoms with E-state index in [1.54, 1.807) is 4.90 Å². The molecule has 0 bridgehead atoms. The van der Waals surface area contributed by atoms with E-state index in [1.807, 2.05) is 13.8 Å². The molecule has 0 N–H and O–H groups in total. The maximum absolute atomic E-state index is 12.4. The second-order valence-corrected chi connectivity index (χ2v) is 13.5. The van der Waals surface area contributed by atoms with Gasteiger partial charge in [-0.15, -0.1) is 0 Å². The van der Waals surface area contributed by atoms with Crippen molar-refractivity contribution in [1.82, 2.24) is 4.90 Å². The summed E-state index contributed by atoms with van der Waals surface area (Å²) in [7, 11) is -1.87. The van der Waals surface area contributed by atoms with Crippen molar-refractivity contribution in [2.45, 2.75) is 76.7 Å². The third-order valence-corrected chi connectivity index (χ3v) is 9.95. The molecule has 0 aromatic heterocycles. The molecule has 142 valence electrons. The number of amides is 1. The van der Waals surface area contributed by atoms with E-state index in [-0.39, 0.29) is 23.1 Å². The minimum absolute atomic E-state index is 0.116. The number of carbonyl (C=O) groups is 1. The number of rotatable bonds is 6. The second kappa shape index (κ2) is 6.89. The summed E-state index contributed by atoms with van der Waals surface area (Å²) in [5.41, 5.74) is 8.74. The van der Waals surface area contributed by atoms with Crippen LogP contribution in [-0.4, -0.2) is 62.9 Å². The van der Waals surface area contributed by atoms with Crippen molar-refractivity contribution < 1.29 is 18.7 Å². The molecular weight excluding hydrogens is 340 g/mol. The highest BCUT2D eigenvalue weighted by Gasteiger charge is 2.54. The highest BCUT2D eigenvalue weighted by molar-refractivity contribution is 6.74. The summed E-state index contributed by atoms with van der Waals surface area (Å²) < 4.78 is 17.6. The minimum atomic E-state index is -1.87. The fourth-order valence-corrected chi connectivity index (χ4v) is 3.92. The number of ether oxygens (including phenoxy) is 2. The molecule has 1 amide bonds. The van der Waals surface area contributed by atoms with E-state index in [0.29, 0.717) is 19.8 Å². The summed E-state index contributed by atoms with van der Waals surface area (Å²) >= 11 is 0. The molecule has 2 fully saturated rings. The van der Waals surface area contributed by atoms with Gasteiger partial charge in [0.25, 0.3) is 0 Å². The molecule has 0 unspecified atom stereocenters. The zero-order valence-electron chi connectivity index (χ0n) is 16.3. The molecule has 0 aromatic rings. The molecule has 0 spiro atoms. The molecule has 0 aromatic carbocycles. The zero-order chi connectivity index (χ0) is 19.0. The Morgan fingerprint density at radius 3 is 2.56 bits per heavy atom. The first kappa shape index (κ1) is 20.2.